The van der Waals surface area contributed by atoms with Gasteiger partial charge in [-0.1, -0.05) is 26.0 Å². The summed E-state index contributed by atoms with van der Waals surface area (Å²) in [7, 11) is 1.33. The maximum Gasteiger partial charge on any atom is 0.407 e. The summed E-state index contributed by atoms with van der Waals surface area (Å²) in [5.74, 6) is -3.49. The molecule has 0 radical (unpaired) electrons. The number of phenols is 1. The van der Waals surface area contributed by atoms with Gasteiger partial charge in [-0.15, -0.1) is 0 Å². The smallest absolute Gasteiger partial charge is 0.407 e. The molecule has 4 atom stereocenters. The van der Waals surface area contributed by atoms with Crippen molar-refractivity contribution in [1.29, 1.82) is 0 Å². The van der Waals surface area contributed by atoms with Crippen LogP contribution in [0.1, 0.15) is 40.2 Å². The number of aromatic hydroxyl groups is 1. The minimum atomic E-state index is -1.19. The Morgan fingerprint density at radius 3 is 2.03 bits per heavy atom. The van der Waals surface area contributed by atoms with Gasteiger partial charge < -0.3 is 35.8 Å². The summed E-state index contributed by atoms with van der Waals surface area (Å²) in [6.45, 7) is 7.90. The largest absolute Gasteiger partial charge is 0.508 e. The highest BCUT2D eigenvalue weighted by Crippen LogP contribution is 2.13. The zero-order valence-corrected chi connectivity index (χ0v) is 21.4. The number of hydrogen-bond donors (Lipinski definition) is 5. The van der Waals surface area contributed by atoms with Crippen LogP contribution in [-0.2, 0) is 30.3 Å². The van der Waals surface area contributed by atoms with Gasteiger partial charge in [0, 0.05) is 13.5 Å². The van der Waals surface area contributed by atoms with Gasteiger partial charge in [-0.3, -0.25) is 14.4 Å². The maximum atomic E-state index is 13.3. The van der Waals surface area contributed by atoms with Crippen LogP contribution in [0.3, 0.4) is 0 Å². The summed E-state index contributed by atoms with van der Waals surface area (Å²) < 4.78 is 4.77. The zero-order chi connectivity index (χ0) is 27.6. The lowest BCUT2D eigenvalue weighted by atomic mass is 10.00. The van der Waals surface area contributed by atoms with Crippen LogP contribution in [0.2, 0.25) is 0 Å². The summed E-state index contributed by atoms with van der Waals surface area (Å²) in [6.07, 6.45) is -0.773. The van der Waals surface area contributed by atoms with E-state index in [1.165, 1.54) is 33.0 Å². The molecule has 0 unspecified atom stereocenters. The van der Waals surface area contributed by atoms with E-state index in [1.807, 2.05) is 0 Å². The van der Waals surface area contributed by atoms with Gasteiger partial charge in [-0.05, 0) is 44.4 Å². The lowest BCUT2D eigenvalue weighted by molar-refractivity contribution is -0.150. The fraction of sp³-hybridized carbons (Fsp3) is 0.542. The number of ether oxygens (including phenoxy) is 1. The van der Waals surface area contributed by atoms with Gasteiger partial charge in [-0.25, -0.2) is 9.59 Å². The molecule has 36 heavy (non-hydrogen) atoms. The second-order valence-electron chi connectivity index (χ2n) is 8.71. The number of likely N-dealkylation sites (N-methyl/N-ethyl adjacent to an activating group) is 1. The van der Waals surface area contributed by atoms with Crippen molar-refractivity contribution in [3.05, 3.63) is 29.8 Å². The van der Waals surface area contributed by atoms with Crippen molar-refractivity contribution in [3.63, 3.8) is 0 Å². The molecule has 0 bridgehead atoms. The highest BCUT2D eigenvalue weighted by Gasteiger charge is 2.34. The monoisotopic (exact) mass is 508 g/mol. The molecule has 12 nitrogen and oxygen atoms in total. The van der Waals surface area contributed by atoms with Crippen molar-refractivity contribution < 1.29 is 38.9 Å². The summed E-state index contributed by atoms with van der Waals surface area (Å²) in [6, 6.07) is 1.68. The molecular weight excluding hydrogens is 472 g/mol. The van der Waals surface area contributed by atoms with E-state index in [-0.39, 0.29) is 24.7 Å². The predicted octanol–water partition coefficient (Wildman–Crippen LogP) is 0.626. The molecule has 200 valence electrons. The first kappa shape index (κ1) is 30.2. The number of benzene rings is 1. The lowest BCUT2D eigenvalue weighted by Crippen LogP contribution is -2.59. The topological polar surface area (TPSA) is 174 Å². The molecule has 5 N–H and O–H groups in total. The van der Waals surface area contributed by atoms with E-state index in [4.69, 9.17) is 4.74 Å². The molecule has 0 saturated heterocycles. The third-order valence-corrected chi connectivity index (χ3v) is 5.53. The Labute approximate surface area is 210 Å². The van der Waals surface area contributed by atoms with E-state index in [2.05, 4.69) is 16.0 Å². The third-order valence-electron chi connectivity index (χ3n) is 5.53. The van der Waals surface area contributed by atoms with Crippen molar-refractivity contribution >= 4 is 29.8 Å². The molecule has 0 aromatic heterocycles. The van der Waals surface area contributed by atoms with Crippen LogP contribution in [0.4, 0.5) is 4.79 Å². The second kappa shape index (κ2) is 13.9. The van der Waals surface area contributed by atoms with Gasteiger partial charge in [0.1, 0.15) is 29.9 Å². The van der Waals surface area contributed by atoms with Gasteiger partial charge in [-0.2, -0.15) is 0 Å². The van der Waals surface area contributed by atoms with Crippen molar-refractivity contribution in [2.75, 3.05) is 13.7 Å². The first-order valence-electron chi connectivity index (χ1n) is 11.6. The van der Waals surface area contributed by atoms with E-state index >= 15 is 0 Å². The summed E-state index contributed by atoms with van der Waals surface area (Å²) in [5, 5.41) is 26.3. The van der Waals surface area contributed by atoms with Crippen LogP contribution in [0.5, 0.6) is 5.75 Å². The SMILES string of the molecule is CCOC(=O)N[C@@H](C)C(=O)N[C@@H](Cc1ccc(O)cc1)C(=O)N[C@H](C(=O)N(C)[C@@H](C)C(=O)O)C(C)C. The molecular formula is C24H36N4O8. The molecule has 0 spiro atoms. The van der Waals surface area contributed by atoms with E-state index in [0.717, 1.165) is 4.90 Å². The quantitative estimate of drug-likeness (QED) is 0.273. The summed E-state index contributed by atoms with van der Waals surface area (Å²) >= 11 is 0. The maximum absolute atomic E-state index is 13.3. The molecule has 0 fully saturated rings. The molecule has 1 aromatic rings. The number of hydrogen-bond acceptors (Lipinski definition) is 7. The van der Waals surface area contributed by atoms with Crippen LogP contribution in [0, 0.1) is 5.92 Å². The number of nitrogens with zero attached hydrogens (tertiary/aromatic N) is 1. The van der Waals surface area contributed by atoms with Crippen LogP contribution in [-0.4, -0.2) is 82.7 Å². The van der Waals surface area contributed by atoms with Gasteiger partial charge in [0.15, 0.2) is 0 Å². The lowest BCUT2D eigenvalue weighted by Gasteiger charge is -2.30. The Morgan fingerprint density at radius 1 is 0.944 bits per heavy atom. The molecule has 1 rings (SSSR count). The number of aliphatic carboxylic acids is 1. The number of carbonyl (C=O) groups excluding carboxylic acids is 4. The van der Waals surface area contributed by atoms with Gasteiger partial charge in [0.05, 0.1) is 6.61 Å². The summed E-state index contributed by atoms with van der Waals surface area (Å²) in [4.78, 5) is 63.0. The fourth-order valence-corrected chi connectivity index (χ4v) is 3.13. The van der Waals surface area contributed by atoms with Gasteiger partial charge in [0.25, 0.3) is 0 Å². The zero-order valence-electron chi connectivity index (χ0n) is 21.4. The molecule has 0 heterocycles. The van der Waals surface area contributed by atoms with Crippen molar-refractivity contribution in [1.82, 2.24) is 20.9 Å². The Balaban J connectivity index is 3.13. The number of rotatable bonds is 12. The van der Waals surface area contributed by atoms with Crippen molar-refractivity contribution in [2.45, 2.75) is 65.2 Å². The normalized spacial score (nSPS) is 14.1. The fourth-order valence-electron chi connectivity index (χ4n) is 3.13. The Morgan fingerprint density at radius 2 is 1.53 bits per heavy atom. The van der Waals surface area contributed by atoms with Crippen LogP contribution in [0.15, 0.2) is 24.3 Å². The van der Waals surface area contributed by atoms with Crippen molar-refractivity contribution in [2.24, 2.45) is 5.92 Å². The minimum Gasteiger partial charge on any atom is -0.508 e. The molecule has 12 heteroatoms. The number of nitrogens with one attached hydrogen (secondary N) is 3. The third kappa shape index (κ3) is 9.08. The van der Waals surface area contributed by atoms with E-state index in [0.29, 0.717) is 5.56 Å². The molecule has 0 aliphatic carbocycles. The highest BCUT2D eigenvalue weighted by atomic mass is 16.5. The van der Waals surface area contributed by atoms with Crippen LogP contribution >= 0.6 is 0 Å². The standard InChI is InChI=1S/C24H36N4O8/c1-7-36-24(35)25-14(4)20(30)26-18(12-16-8-10-17(29)11-9-16)21(31)27-19(13(2)3)22(32)28(6)15(5)23(33)34/h8-11,13-15,18-19,29H,7,12H2,1-6H3,(H,25,35)(H,26,30)(H,27,31)(H,33,34)/t14-,15-,18-,19-/m0/s1. The first-order valence-corrected chi connectivity index (χ1v) is 11.6. The molecule has 0 aliphatic heterocycles. The summed E-state index contributed by atoms with van der Waals surface area (Å²) in [5.41, 5.74) is 0.614. The average Bonchev–Trinajstić information content (AvgIpc) is 2.81. The Bertz CT molecular complexity index is 935. The number of alkyl carbamates (subject to hydrolysis) is 1. The van der Waals surface area contributed by atoms with E-state index in [9.17, 15) is 34.2 Å². The molecule has 0 aliphatic rings. The number of carboxylic acid groups (broad SMARTS) is 1. The number of amides is 4. The number of carboxylic acids is 1. The van der Waals surface area contributed by atoms with Crippen molar-refractivity contribution in [3.8, 4) is 5.75 Å². The Kier molecular flexibility index (Phi) is 11.7. The van der Waals surface area contributed by atoms with Crippen LogP contribution in [0.25, 0.3) is 0 Å². The number of phenolic OH excluding ortho intramolecular Hbond substituents is 1. The predicted molar refractivity (Wildman–Crippen MR) is 130 cm³/mol. The number of carbonyl (C=O) groups is 5. The second-order valence-corrected chi connectivity index (χ2v) is 8.71. The van der Waals surface area contributed by atoms with E-state index < -0.39 is 54.0 Å². The molecule has 0 saturated carbocycles. The minimum absolute atomic E-state index is 0.0182. The first-order chi connectivity index (χ1) is 16.8. The van der Waals surface area contributed by atoms with Crippen LogP contribution < -0.4 is 16.0 Å². The molecule has 4 amide bonds. The van der Waals surface area contributed by atoms with E-state index in [1.54, 1.807) is 32.9 Å². The highest BCUT2D eigenvalue weighted by molar-refractivity contribution is 5.94. The van der Waals surface area contributed by atoms with Gasteiger partial charge >= 0.3 is 12.1 Å². The average molecular weight is 509 g/mol. The molecule has 1 aromatic carbocycles. The Hall–Kier alpha value is -3.83. The van der Waals surface area contributed by atoms with Gasteiger partial charge in [0.2, 0.25) is 17.7 Å².